The van der Waals surface area contributed by atoms with Gasteiger partial charge in [0.1, 0.15) is 0 Å². The fraction of sp³-hybridized carbons (Fsp3) is 0.364. The minimum absolute atomic E-state index is 0. The van der Waals surface area contributed by atoms with Crippen LogP contribution in [0.2, 0.25) is 0 Å². The predicted molar refractivity (Wildman–Crippen MR) is 57.9 cm³/mol. The summed E-state index contributed by atoms with van der Waals surface area (Å²) in [6.07, 6.45) is 0. The number of rotatable bonds is 0. The topological polar surface area (TPSA) is 28.2 Å². The summed E-state index contributed by atoms with van der Waals surface area (Å²) in [7, 11) is 0. The molecule has 1 aliphatic heterocycles. The van der Waals surface area contributed by atoms with Gasteiger partial charge in [0.25, 0.3) is 0 Å². The van der Waals surface area contributed by atoms with Gasteiger partial charge < -0.3 is 18.1 Å². The second-order valence-corrected chi connectivity index (χ2v) is 2.42. The molecule has 1 aliphatic rings. The zero-order chi connectivity index (χ0) is 8.49. The summed E-state index contributed by atoms with van der Waals surface area (Å²) in [4.78, 5) is 0. The Balaban J connectivity index is -0.000000160. The number of hydrogen-bond donors (Lipinski definition) is 0. The normalized spacial score (nSPS) is 12.8. The predicted octanol–water partition coefficient (Wildman–Crippen LogP) is 2.68. The van der Waals surface area contributed by atoms with Crippen LogP contribution in [0.3, 0.4) is 0 Å². The van der Waals surface area contributed by atoms with Gasteiger partial charge >= 0.3 is 21.1 Å². The molecule has 2 nitrogen and oxygen atoms in total. The van der Waals surface area contributed by atoms with Crippen LogP contribution in [0, 0.1) is 13.5 Å². The SMILES string of the molecule is C1C[N-]CC[N-]1.[CH3-].[W+2].[Y].[c-]1ccccc1. The minimum atomic E-state index is 0. The largest absolute Gasteiger partial charge is 2.00 e. The van der Waals surface area contributed by atoms with E-state index in [1.54, 1.807) is 0 Å². The van der Waals surface area contributed by atoms with Crippen LogP contribution in [0.1, 0.15) is 0 Å². The Bertz CT molecular complexity index is 143. The molecule has 0 bridgehead atoms. The zero-order valence-electron chi connectivity index (χ0n) is 9.10. The molecule has 2 rings (SSSR count). The molecule has 0 atom stereocenters. The minimum Gasteiger partial charge on any atom is -0.665 e. The molecule has 0 spiro atoms. The number of benzene rings is 1. The molecule has 15 heavy (non-hydrogen) atoms. The molecule has 1 aromatic carbocycles. The molecular weight excluding hydrogens is 433 g/mol. The summed E-state index contributed by atoms with van der Waals surface area (Å²) in [5.74, 6) is 0. The number of nitrogens with zero attached hydrogens (tertiary/aromatic N) is 2. The van der Waals surface area contributed by atoms with E-state index in [9.17, 15) is 0 Å². The molecule has 0 unspecified atom stereocenters. The summed E-state index contributed by atoms with van der Waals surface area (Å²) in [6, 6.07) is 12.5. The van der Waals surface area contributed by atoms with Gasteiger partial charge in [0.05, 0.1) is 0 Å². The third-order valence-electron chi connectivity index (χ3n) is 1.44. The molecule has 81 valence electrons. The van der Waals surface area contributed by atoms with Crippen LogP contribution >= 0.6 is 0 Å². The van der Waals surface area contributed by atoms with Gasteiger partial charge in [-0.05, 0) is 0 Å². The average Bonchev–Trinajstić information content (AvgIpc) is 2.24. The van der Waals surface area contributed by atoms with Crippen molar-refractivity contribution in [3.8, 4) is 0 Å². The summed E-state index contributed by atoms with van der Waals surface area (Å²) in [5.41, 5.74) is 0. The summed E-state index contributed by atoms with van der Waals surface area (Å²) >= 11 is 0. The number of piperazine rings is 1. The van der Waals surface area contributed by atoms with Crippen LogP contribution in [0.5, 0.6) is 0 Å². The first-order valence-electron chi connectivity index (χ1n) is 4.18. The van der Waals surface area contributed by atoms with E-state index in [-0.39, 0.29) is 61.2 Å². The molecule has 1 fully saturated rings. The first kappa shape index (κ1) is 21.2. The smallest absolute Gasteiger partial charge is 0.665 e. The Morgan fingerprint density at radius 3 is 1.33 bits per heavy atom. The second-order valence-electron chi connectivity index (χ2n) is 2.42. The van der Waals surface area contributed by atoms with Crippen molar-refractivity contribution in [2.45, 2.75) is 0 Å². The van der Waals surface area contributed by atoms with Crippen molar-refractivity contribution in [3.05, 3.63) is 54.5 Å². The van der Waals surface area contributed by atoms with Crippen LogP contribution in [0.25, 0.3) is 10.6 Å². The van der Waals surface area contributed by atoms with Crippen molar-refractivity contribution < 1.29 is 53.8 Å². The molecule has 1 aromatic rings. The summed E-state index contributed by atoms with van der Waals surface area (Å²) < 4.78 is 0. The second kappa shape index (κ2) is 17.3. The quantitative estimate of drug-likeness (QED) is 0.546. The molecule has 4 heteroatoms. The first-order valence-corrected chi connectivity index (χ1v) is 4.18. The maximum Gasteiger partial charge on any atom is 2.00 e. The Hall–Kier alpha value is 0.932. The van der Waals surface area contributed by atoms with Crippen LogP contribution in [0.4, 0.5) is 0 Å². The Morgan fingerprint density at radius 1 is 0.800 bits per heavy atom. The van der Waals surface area contributed by atoms with Crippen LogP contribution < -0.4 is 0 Å². The van der Waals surface area contributed by atoms with Crippen LogP contribution in [-0.2, 0) is 53.8 Å². The van der Waals surface area contributed by atoms with Gasteiger partial charge in [0.2, 0.25) is 0 Å². The van der Waals surface area contributed by atoms with Crippen molar-refractivity contribution in [1.29, 1.82) is 0 Å². The molecule has 0 amide bonds. The van der Waals surface area contributed by atoms with Gasteiger partial charge in [-0.15, -0.1) is 0 Å². The van der Waals surface area contributed by atoms with Gasteiger partial charge in [0.15, 0.2) is 0 Å². The molecule has 0 aromatic heterocycles. The van der Waals surface area contributed by atoms with Gasteiger partial charge in [-0.25, -0.2) is 0 Å². The van der Waals surface area contributed by atoms with E-state index in [2.05, 4.69) is 16.7 Å². The molecule has 0 saturated carbocycles. The monoisotopic (exact) mass is 449 g/mol. The van der Waals surface area contributed by atoms with E-state index in [4.69, 9.17) is 0 Å². The van der Waals surface area contributed by atoms with Crippen molar-refractivity contribution in [2.24, 2.45) is 0 Å². The van der Waals surface area contributed by atoms with E-state index >= 15 is 0 Å². The molecule has 1 radical (unpaired) electrons. The van der Waals surface area contributed by atoms with Crippen molar-refractivity contribution >= 4 is 0 Å². The van der Waals surface area contributed by atoms with E-state index in [1.165, 1.54) is 0 Å². The third-order valence-corrected chi connectivity index (χ3v) is 1.44. The average molecular weight is 449 g/mol. The van der Waals surface area contributed by atoms with Gasteiger partial charge in [-0.1, -0.05) is 0 Å². The van der Waals surface area contributed by atoms with E-state index in [0.717, 1.165) is 26.2 Å². The molecule has 1 heterocycles. The van der Waals surface area contributed by atoms with E-state index < -0.39 is 0 Å². The van der Waals surface area contributed by atoms with E-state index in [0.29, 0.717) is 0 Å². The van der Waals surface area contributed by atoms with Crippen molar-refractivity contribution in [3.63, 3.8) is 0 Å². The van der Waals surface area contributed by atoms with Crippen LogP contribution in [-0.4, -0.2) is 26.2 Å². The maximum atomic E-state index is 4.08. The van der Waals surface area contributed by atoms with Crippen molar-refractivity contribution in [2.75, 3.05) is 26.2 Å². The molecule has 0 aliphatic carbocycles. The third kappa shape index (κ3) is 14.9. The molecular formula is C11H16N2WY-2. The van der Waals surface area contributed by atoms with Gasteiger partial charge in [0, 0.05) is 32.7 Å². The molecule has 1 saturated heterocycles. The Morgan fingerprint density at radius 2 is 1.20 bits per heavy atom. The fourth-order valence-corrected chi connectivity index (χ4v) is 0.848. The van der Waals surface area contributed by atoms with Gasteiger partial charge in [-0.2, -0.15) is 62.6 Å². The standard InChI is InChI=1S/C6H5.C4H8N2.CH3.W.Y/c1-2-4-6-5-3-1;1-2-6-4-3-5-1;;;/h1-5H;1-4H2;1H3;;/q-1;-2;-1;+2;. The Kier molecular flexibility index (Phi) is 24.5. The fourth-order valence-electron chi connectivity index (χ4n) is 0.848. The maximum absolute atomic E-state index is 4.08. The van der Waals surface area contributed by atoms with Crippen molar-refractivity contribution in [1.82, 2.24) is 0 Å². The van der Waals surface area contributed by atoms with E-state index in [1.807, 2.05) is 30.3 Å². The first-order chi connectivity index (χ1) is 6.00. The van der Waals surface area contributed by atoms with Crippen LogP contribution in [0.15, 0.2) is 30.3 Å². The van der Waals surface area contributed by atoms with Gasteiger partial charge in [-0.3, -0.25) is 0 Å². The number of hydrogen-bond acceptors (Lipinski definition) is 0. The zero-order valence-corrected chi connectivity index (χ0v) is 14.9. The Labute approximate surface area is 133 Å². The molecule has 0 N–H and O–H groups in total. The summed E-state index contributed by atoms with van der Waals surface area (Å²) in [6.45, 7) is 3.83. The summed E-state index contributed by atoms with van der Waals surface area (Å²) in [5, 5.41) is 8.17.